The minimum Gasteiger partial charge on any atom is -0.312 e. The molecule has 0 atom stereocenters. The van der Waals surface area contributed by atoms with Gasteiger partial charge in [-0.1, -0.05) is 43.4 Å². The lowest BCUT2D eigenvalue weighted by Gasteiger charge is -2.24. The summed E-state index contributed by atoms with van der Waals surface area (Å²) in [5, 5.41) is 0. The van der Waals surface area contributed by atoms with Crippen LogP contribution in [0.5, 0.6) is 0 Å². The molecule has 1 saturated carbocycles. The van der Waals surface area contributed by atoms with Crippen molar-refractivity contribution < 1.29 is 4.79 Å². The maximum absolute atomic E-state index is 12.5. The second-order valence-electron chi connectivity index (χ2n) is 6.12. The highest BCUT2D eigenvalue weighted by molar-refractivity contribution is 5.94. The molecular weight excluding hydrogens is 246 g/mol. The van der Waals surface area contributed by atoms with Gasteiger partial charge >= 0.3 is 0 Å². The Labute approximate surface area is 123 Å². The number of benzene rings is 1. The quantitative estimate of drug-likeness (QED) is 0.766. The summed E-state index contributed by atoms with van der Waals surface area (Å²) in [7, 11) is 0. The molecule has 1 aliphatic carbocycles. The lowest BCUT2D eigenvalue weighted by molar-refractivity contribution is -0.118. The fourth-order valence-electron chi connectivity index (χ4n) is 3.35. The van der Waals surface area contributed by atoms with E-state index in [-0.39, 0.29) is 5.91 Å². The molecule has 0 saturated heterocycles. The van der Waals surface area contributed by atoms with Gasteiger partial charge in [0.25, 0.3) is 0 Å². The first-order valence-electron chi connectivity index (χ1n) is 7.99. The van der Waals surface area contributed by atoms with Gasteiger partial charge in [0.05, 0.1) is 0 Å². The van der Waals surface area contributed by atoms with E-state index >= 15 is 0 Å². The first-order valence-corrected chi connectivity index (χ1v) is 7.99. The van der Waals surface area contributed by atoms with Crippen molar-refractivity contribution in [2.75, 3.05) is 11.4 Å². The summed E-state index contributed by atoms with van der Waals surface area (Å²) in [6.07, 6.45) is 7.12. The van der Waals surface area contributed by atoms with Gasteiger partial charge in [-0.15, -0.1) is 0 Å². The van der Waals surface area contributed by atoms with Crippen molar-refractivity contribution >= 4 is 11.6 Å². The number of nitrogens with zero attached hydrogens (tertiary/aromatic N) is 1. The van der Waals surface area contributed by atoms with Crippen LogP contribution in [0.25, 0.3) is 0 Å². The van der Waals surface area contributed by atoms with E-state index in [2.05, 4.69) is 39.0 Å². The van der Waals surface area contributed by atoms with Gasteiger partial charge in [-0.05, 0) is 44.7 Å². The van der Waals surface area contributed by atoms with Gasteiger partial charge in [0.2, 0.25) is 5.91 Å². The zero-order valence-electron chi connectivity index (χ0n) is 13.1. The van der Waals surface area contributed by atoms with Crippen LogP contribution in [0, 0.1) is 19.8 Å². The van der Waals surface area contributed by atoms with Crippen molar-refractivity contribution in [1.82, 2.24) is 0 Å². The van der Waals surface area contributed by atoms with Crippen LogP contribution in [0.1, 0.15) is 56.6 Å². The Morgan fingerprint density at radius 2 is 1.95 bits per heavy atom. The molecule has 2 heteroatoms. The molecule has 1 aromatic carbocycles. The molecule has 0 unspecified atom stereocenters. The van der Waals surface area contributed by atoms with E-state index in [9.17, 15) is 4.79 Å². The number of anilines is 1. The van der Waals surface area contributed by atoms with Gasteiger partial charge < -0.3 is 4.90 Å². The van der Waals surface area contributed by atoms with Crippen LogP contribution in [-0.4, -0.2) is 12.5 Å². The van der Waals surface area contributed by atoms with E-state index in [0.29, 0.717) is 6.42 Å². The molecule has 0 N–H and O–H groups in total. The Kier molecular flexibility index (Phi) is 5.22. The van der Waals surface area contributed by atoms with Crippen molar-refractivity contribution in [3.05, 3.63) is 29.3 Å². The standard InChI is InChI=1S/C18H27NO/c1-4-19(17-11-9-14(2)13-15(17)3)18(20)12-10-16-7-5-6-8-16/h9,11,13,16H,4-8,10,12H2,1-3H3. The minimum atomic E-state index is 0.284. The lowest BCUT2D eigenvalue weighted by atomic mass is 10.0. The SMILES string of the molecule is CCN(C(=O)CCC1CCCC1)c1ccc(C)cc1C. The van der Waals surface area contributed by atoms with E-state index in [1.54, 1.807) is 0 Å². The van der Waals surface area contributed by atoms with Crippen LogP contribution in [-0.2, 0) is 4.79 Å². The number of hydrogen-bond acceptors (Lipinski definition) is 1. The van der Waals surface area contributed by atoms with Crippen LogP contribution in [0.3, 0.4) is 0 Å². The molecule has 0 spiro atoms. The van der Waals surface area contributed by atoms with Crippen LogP contribution in [0.15, 0.2) is 18.2 Å². The molecule has 0 aliphatic heterocycles. The predicted octanol–water partition coefficient (Wildman–Crippen LogP) is 4.63. The van der Waals surface area contributed by atoms with Crippen molar-refractivity contribution in [2.45, 2.75) is 59.3 Å². The average molecular weight is 273 g/mol. The third-order valence-electron chi connectivity index (χ3n) is 4.50. The number of aryl methyl sites for hydroxylation is 2. The summed E-state index contributed by atoms with van der Waals surface area (Å²) in [6, 6.07) is 6.33. The molecule has 1 fully saturated rings. The van der Waals surface area contributed by atoms with Crippen LogP contribution >= 0.6 is 0 Å². The normalized spacial score (nSPS) is 15.6. The second-order valence-corrected chi connectivity index (χ2v) is 6.12. The van der Waals surface area contributed by atoms with E-state index in [4.69, 9.17) is 0 Å². The van der Waals surface area contributed by atoms with Gasteiger partial charge in [0.15, 0.2) is 0 Å². The maximum atomic E-state index is 12.5. The summed E-state index contributed by atoms with van der Waals surface area (Å²) in [5.41, 5.74) is 3.52. The van der Waals surface area contributed by atoms with Crippen molar-refractivity contribution in [1.29, 1.82) is 0 Å². The predicted molar refractivity (Wildman–Crippen MR) is 85.1 cm³/mol. The fraction of sp³-hybridized carbons (Fsp3) is 0.611. The van der Waals surface area contributed by atoms with E-state index < -0.39 is 0 Å². The third kappa shape index (κ3) is 3.62. The molecule has 0 aromatic heterocycles. The van der Waals surface area contributed by atoms with Crippen LogP contribution < -0.4 is 4.90 Å². The third-order valence-corrected chi connectivity index (χ3v) is 4.50. The number of carbonyl (C=O) groups is 1. The number of carbonyl (C=O) groups excluding carboxylic acids is 1. The summed E-state index contributed by atoms with van der Waals surface area (Å²) in [4.78, 5) is 14.4. The lowest BCUT2D eigenvalue weighted by Crippen LogP contribution is -2.31. The molecule has 0 bridgehead atoms. The van der Waals surface area contributed by atoms with Gasteiger partial charge in [-0.25, -0.2) is 0 Å². The Morgan fingerprint density at radius 1 is 1.25 bits per heavy atom. The zero-order valence-corrected chi connectivity index (χ0v) is 13.1. The topological polar surface area (TPSA) is 20.3 Å². The highest BCUT2D eigenvalue weighted by Gasteiger charge is 2.20. The molecule has 1 aliphatic rings. The Hall–Kier alpha value is -1.31. The van der Waals surface area contributed by atoms with Crippen molar-refractivity contribution in [3.63, 3.8) is 0 Å². The highest BCUT2D eigenvalue weighted by atomic mass is 16.2. The molecule has 0 radical (unpaired) electrons. The molecule has 2 nitrogen and oxygen atoms in total. The number of rotatable bonds is 5. The maximum Gasteiger partial charge on any atom is 0.226 e. The molecule has 0 heterocycles. The minimum absolute atomic E-state index is 0.284. The summed E-state index contributed by atoms with van der Waals surface area (Å²) >= 11 is 0. The average Bonchev–Trinajstić information content (AvgIpc) is 2.93. The Morgan fingerprint density at radius 3 is 2.55 bits per heavy atom. The summed E-state index contributed by atoms with van der Waals surface area (Å²) in [5.74, 6) is 1.07. The van der Waals surface area contributed by atoms with Crippen LogP contribution in [0.4, 0.5) is 5.69 Å². The Balaban J connectivity index is 2.00. The molecular formula is C18H27NO. The smallest absolute Gasteiger partial charge is 0.226 e. The second kappa shape index (κ2) is 6.92. The molecule has 110 valence electrons. The van der Waals surface area contributed by atoms with Crippen molar-refractivity contribution in [2.24, 2.45) is 5.92 Å². The first kappa shape index (κ1) is 15.1. The highest BCUT2D eigenvalue weighted by Crippen LogP contribution is 2.29. The summed E-state index contributed by atoms with van der Waals surface area (Å²) < 4.78 is 0. The number of hydrogen-bond donors (Lipinski definition) is 0. The van der Waals surface area contributed by atoms with Gasteiger partial charge in [-0.2, -0.15) is 0 Å². The molecule has 2 rings (SSSR count). The molecule has 20 heavy (non-hydrogen) atoms. The zero-order chi connectivity index (χ0) is 14.5. The van der Waals surface area contributed by atoms with Crippen molar-refractivity contribution in [3.8, 4) is 0 Å². The fourth-order valence-corrected chi connectivity index (χ4v) is 3.35. The largest absolute Gasteiger partial charge is 0.312 e. The Bertz CT molecular complexity index is 460. The number of amides is 1. The van der Waals surface area contributed by atoms with E-state index in [1.165, 1.54) is 36.8 Å². The van der Waals surface area contributed by atoms with Gasteiger partial charge in [0.1, 0.15) is 0 Å². The molecule has 1 amide bonds. The van der Waals surface area contributed by atoms with Gasteiger partial charge in [-0.3, -0.25) is 4.79 Å². The summed E-state index contributed by atoms with van der Waals surface area (Å²) in [6.45, 7) is 7.00. The molecule has 1 aromatic rings. The van der Waals surface area contributed by atoms with Crippen LogP contribution in [0.2, 0.25) is 0 Å². The van der Waals surface area contributed by atoms with E-state index in [1.807, 2.05) is 4.90 Å². The monoisotopic (exact) mass is 273 g/mol. The van der Waals surface area contributed by atoms with Gasteiger partial charge in [0, 0.05) is 18.7 Å². The van der Waals surface area contributed by atoms with E-state index in [0.717, 1.165) is 24.6 Å². The first-order chi connectivity index (χ1) is 9.61.